The van der Waals surface area contributed by atoms with Gasteiger partial charge in [-0.05, 0) is 39.1 Å². The zero-order valence-corrected chi connectivity index (χ0v) is 10.1. The predicted octanol–water partition coefficient (Wildman–Crippen LogP) is 1.19. The smallest absolute Gasteiger partial charge is 0.146 e. The number of aromatic nitrogens is 1. The molecule has 0 bridgehead atoms. The van der Waals surface area contributed by atoms with Crippen LogP contribution in [0.2, 0.25) is 0 Å². The molecule has 1 saturated heterocycles. The molecule has 0 saturated carbocycles. The number of nitrogen functional groups attached to an aromatic ring is 1. The molecule has 4 heteroatoms. The van der Waals surface area contributed by atoms with Gasteiger partial charge in [0.05, 0.1) is 5.69 Å². The summed E-state index contributed by atoms with van der Waals surface area (Å²) in [7, 11) is 2.17. The lowest BCUT2D eigenvalue weighted by molar-refractivity contribution is 0.337. The second-order valence-electron chi connectivity index (χ2n) is 4.57. The molecule has 1 atom stereocenters. The first-order valence-corrected chi connectivity index (χ1v) is 5.84. The van der Waals surface area contributed by atoms with Gasteiger partial charge in [-0.15, -0.1) is 0 Å². The summed E-state index contributed by atoms with van der Waals surface area (Å²) in [6.07, 6.45) is 2.92. The molecule has 1 fully saturated rings. The summed E-state index contributed by atoms with van der Waals surface area (Å²) >= 11 is 0. The largest absolute Gasteiger partial charge is 0.382 e. The first kappa shape index (κ1) is 11.2. The third-order valence-electron chi connectivity index (χ3n) is 3.17. The number of rotatable bonds is 1. The highest BCUT2D eigenvalue weighted by atomic mass is 15.2. The van der Waals surface area contributed by atoms with Crippen LogP contribution in [0.25, 0.3) is 0 Å². The van der Waals surface area contributed by atoms with E-state index in [9.17, 15) is 0 Å². The second-order valence-corrected chi connectivity index (χ2v) is 4.57. The summed E-state index contributed by atoms with van der Waals surface area (Å²) < 4.78 is 0. The van der Waals surface area contributed by atoms with Crippen molar-refractivity contribution in [1.29, 1.82) is 0 Å². The van der Waals surface area contributed by atoms with Gasteiger partial charge in [0.2, 0.25) is 0 Å². The lowest BCUT2D eigenvalue weighted by Crippen LogP contribution is -2.38. The summed E-state index contributed by atoms with van der Waals surface area (Å²) in [6, 6.07) is 4.50. The number of nitrogens with two attached hydrogens (primary N) is 1. The molecule has 0 amide bonds. The van der Waals surface area contributed by atoms with Crippen LogP contribution in [0.5, 0.6) is 0 Å². The Hall–Kier alpha value is -1.29. The Morgan fingerprint density at radius 3 is 3.00 bits per heavy atom. The van der Waals surface area contributed by atoms with Crippen molar-refractivity contribution in [1.82, 2.24) is 9.88 Å². The van der Waals surface area contributed by atoms with Crippen molar-refractivity contribution in [2.75, 3.05) is 37.3 Å². The third-order valence-corrected chi connectivity index (χ3v) is 3.17. The topological polar surface area (TPSA) is 45.4 Å². The Morgan fingerprint density at radius 1 is 1.44 bits per heavy atom. The predicted molar refractivity (Wildman–Crippen MR) is 67.6 cm³/mol. The van der Waals surface area contributed by atoms with Crippen molar-refractivity contribution in [2.45, 2.75) is 19.4 Å². The van der Waals surface area contributed by atoms with Gasteiger partial charge < -0.3 is 15.5 Å². The lowest BCUT2D eigenvalue weighted by atomic mass is 10.2. The van der Waals surface area contributed by atoms with Crippen LogP contribution in [0.3, 0.4) is 0 Å². The maximum atomic E-state index is 5.93. The molecule has 0 spiro atoms. The van der Waals surface area contributed by atoms with Crippen molar-refractivity contribution >= 4 is 11.5 Å². The Kier molecular flexibility index (Phi) is 3.29. The standard InChI is InChI=1S/C12H20N4/c1-10-9-15(2)7-4-8-16(10)11-5-3-6-14-12(11)13/h3,5-6,10H,4,7-9H2,1-2H3,(H2,13,14). The average molecular weight is 220 g/mol. The zero-order valence-electron chi connectivity index (χ0n) is 10.1. The quantitative estimate of drug-likeness (QED) is 0.772. The number of likely N-dealkylation sites (N-methyl/N-ethyl adjacent to an activating group) is 1. The summed E-state index contributed by atoms with van der Waals surface area (Å²) in [5.41, 5.74) is 7.01. The minimum absolute atomic E-state index is 0.485. The molecular weight excluding hydrogens is 200 g/mol. The van der Waals surface area contributed by atoms with E-state index in [1.54, 1.807) is 6.20 Å². The fourth-order valence-corrected chi connectivity index (χ4v) is 2.38. The fourth-order valence-electron chi connectivity index (χ4n) is 2.38. The summed E-state index contributed by atoms with van der Waals surface area (Å²) in [6.45, 7) is 5.53. The van der Waals surface area contributed by atoms with Crippen LogP contribution in [-0.2, 0) is 0 Å². The molecule has 0 aromatic carbocycles. The van der Waals surface area contributed by atoms with Gasteiger partial charge in [-0.1, -0.05) is 0 Å². The molecule has 1 aromatic rings. The normalized spacial score (nSPS) is 23.1. The molecule has 2 heterocycles. The number of hydrogen-bond acceptors (Lipinski definition) is 4. The monoisotopic (exact) mass is 220 g/mol. The van der Waals surface area contributed by atoms with Gasteiger partial charge in [0.15, 0.2) is 0 Å². The van der Waals surface area contributed by atoms with E-state index >= 15 is 0 Å². The van der Waals surface area contributed by atoms with E-state index < -0.39 is 0 Å². The summed E-state index contributed by atoms with van der Waals surface area (Å²) in [5.74, 6) is 0.638. The molecule has 1 aliphatic heterocycles. The number of nitrogens with zero attached hydrogens (tertiary/aromatic N) is 3. The van der Waals surface area contributed by atoms with Gasteiger partial charge in [0.1, 0.15) is 5.82 Å². The highest BCUT2D eigenvalue weighted by Gasteiger charge is 2.21. The van der Waals surface area contributed by atoms with Crippen LogP contribution in [0.15, 0.2) is 18.3 Å². The van der Waals surface area contributed by atoms with Gasteiger partial charge in [-0.3, -0.25) is 0 Å². The minimum atomic E-state index is 0.485. The number of anilines is 2. The highest BCUT2D eigenvalue weighted by Crippen LogP contribution is 2.24. The average Bonchev–Trinajstić information content (AvgIpc) is 2.40. The van der Waals surface area contributed by atoms with E-state index in [1.807, 2.05) is 6.07 Å². The van der Waals surface area contributed by atoms with Crippen LogP contribution in [0.1, 0.15) is 13.3 Å². The Labute approximate surface area is 97.1 Å². The lowest BCUT2D eigenvalue weighted by Gasteiger charge is -2.30. The van der Waals surface area contributed by atoms with Gasteiger partial charge in [-0.25, -0.2) is 4.98 Å². The van der Waals surface area contributed by atoms with Crippen molar-refractivity contribution in [3.05, 3.63) is 18.3 Å². The molecule has 88 valence electrons. The fraction of sp³-hybridized carbons (Fsp3) is 0.583. The van der Waals surface area contributed by atoms with Gasteiger partial charge in [0.25, 0.3) is 0 Å². The van der Waals surface area contributed by atoms with E-state index in [-0.39, 0.29) is 0 Å². The molecule has 1 unspecified atom stereocenters. The van der Waals surface area contributed by atoms with E-state index in [0.717, 1.165) is 25.3 Å². The van der Waals surface area contributed by atoms with Crippen molar-refractivity contribution < 1.29 is 0 Å². The SMILES string of the molecule is CC1CN(C)CCCN1c1cccnc1N. The molecule has 2 N–H and O–H groups in total. The van der Waals surface area contributed by atoms with E-state index in [0.29, 0.717) is 11.9 Å². The highest BCUT2D eigenvalue weighted by molar-refractivity contribution is 5.63. The first-order valence-electron chi connectivity index (χ1n) is 5.84. The third kappa shape index (κ3) is 2.27. The zero-order chi connectivity index (χ0) is 11.5. The number of hydrogen-bond donors (Lipinski definition) is 1. The second kappa shape index (κ2) is 4.70. The Bertz CT molecular complexity index is 353. The van der Waals surface area contributed by atoms with Gasteiger partial charge in [0, 0.05) is 25.3 Å². The van der Waals surface area contributed by atoms with Crippen molar-refractivity contribution in [3.63, 3.8) is 0 Å². The maximum Gasteiger partial charge on any atom is 0.146 e. The molecule has 0 aliphatic carbocycles. The van der Waals surface area contributed by atoms with Crippen LogP contribution in [0, 0.1) is 0 Å². The van der Waals surface area contributed by atoms with Gasteiger partial charge >= 0.3 is 0 Å². The maximum absolute atomic E-state index is 5.93. The van der Waals surface area contributed by atoms with Crippen LogP contribution in [0.4, 0.5) is 11.5 Å². The molecule has 1 aliphatic rings. The van der Waals surface area contributed by atoms with Crippen LogP contribution >= 0.6 is 0 Å². The summed E-state index contributed by atoms with van der Waals surface area (Å²) in [4.78, 5) is 8.90. The van der Waals surface area contributed by atoms with Crippen molar-refractivity contribution in [3.8, 4) is 0 Å². The Morgan fingerprint density at radius 2 is 2.25 bits per heavy atom. The first-order chi connectivity index (χ1) is 7.68. The van der Waals surface area contributed by atoms with Gasteiger partial charge in [-0.2, -0.15) is 0 Å². The summed E-state index contributed by atoms with van der Waals surface area (Å²) in [5, 5.41) is 0. The minimum Gasteiger partial charge on any atom is -0.382 e. The molecule has 1 aromatic heterocycles. The van der Waals surface area contributed by atoms with E-state index in [1.165, 1.54) is 6.42 Å². The van der Waals surface area contributed by atoms with Crippen LogP contribution < -0.4 is 10.6 Å². The molecule has 0 radical (unpaired) electrons. The van der Waals surface area contributed by atoms with Crippen LogP contribution in [-0.4, -0.2) is 42.6 Å². The molecular formula is C12H20N4. The van der Waals surface area contributed by atoms with E-state index in [2.05, 4.69) is 34.8 Å². The number of pyridine rings is 1. The van der Waals surface area contributed by atoms with E-state index in [4.69, 9.17) is 5.73 Å². The Balaban J connectivity index is 2.22. The molecule has 4 nitrogen and oxygen atoms in total. The molecule has 2 rings (SSSR count). The molecule has 16 heavy (non-hydrogen) atoms. The van der Waals surface area contributed by atoms with Crippen molar-refractivity contribution in [2.24, 2.45) is 0 Å².